The molecule has 1 fully saturated rings. The molecule has 19 heavy (non-hydrogen) atoms. The van der Waals surface area contributed by atoms with Gasteiger partial charge in [-0.25, -0.2) is 4.98 Å². The largest absolute Gasteiger partial charge is 0.378 e. The highest BCUT2D eigenvalue weighted by molar-refractivity contribution is 5.56. The van der Waals surface area contributed by atoms with Gasteiger partial charge in [0.05, 0.1) is 25.1 Å². The van der Waals surface area contributed by atoms with E-state index in [-0.39, 0.29) is 0 Å². The molecular weight excluding hydrogens is 242 g/mol. The summed E-state index contributed by atoms with van der Waals surface area (Å²) in [6.07, 6.45) is 3.45. The first-order valence-electron chi connectivity index (χ1n) is 6.25. The van der Waals surface area contributed by atoms with Crippen LogP contribution in [0.1, 0.15) is 0 Å². The minimum atomic E-state index is 0.712. The zero-order valence-electron chi connectivity index (χ0n) is 10.5. The SMILES string of the molecule is c1cnnc(Nc2ccc(N3CCOCC3)nc2)c1. The number of morpholine rings is 1. The number of anilines is 3. The van der Waals surface area contributed by atoms with Crippen LogP contribution in [0.5, 0.6) is 0 Å². The Morgan fingerprint density at radius 3 is 2.74 bits per heavy atom. The Morgan fingerprint density at radius 2 is 2.05 bits per heavy atom. The van der Waals surface area contributed by atoms with Crippen LogP contribution in [0.15, 0.2) is 36.7 Å². The maximum atomic E-state index is 5.33. The van der Waals surface area contributed by atoms with E-state index in [2.05, 4.69) is 25.4 Å². The van der Waals surface area contributed by atoms with E-state index in [1.54, 1.807) is 12.4 Å². The third-order valence-corrected chi connectivity index (χ3v) is 2.93. The Hall–Kier alpha value is -2.21. The van der Waals surface area contributed by atoms with Crippen molar-refractivity contribution in [3.8, 4) is 0 Å². The summed E-state index contributed by atoms with van der Waals surface area (Å²) in [6.45, 7) is 3.32. The summed E-state index contributed by atoms with van der Waals surface area (Å²) in [5, 5.41) is 10.9. The molecule has 0 amide bonds. The number of hydrogen-bond donors (Lipinski definition) is 1. The van der Waals surface area contributed by atoms with Gasteiger partial charge in [0, 0.05) is 19.3 Å². The van der Waals surface area contributed by atoms with Crippen molar-refractivity contribution in [1.29, 1.82) is 0 Å². The smallest absolute Gasteiger partial charge is 0.153 e. The van der Waals surface area contributed by atoms with Gasteiger partial charge in [0.25, 0.3) is 0 Å². The fourth-order valence-corrected chi connectivity index (χ4v) is 1.96. The lowest BCUT2D eigenvalue weighted by molar-refractivity contribution is 0.122. The molecule has 0 aromatic carbocycles. The zero-order chi connectivity index (χ0) is 12.9. The number of rotatable bonds is 3. The second-order valence-corrected chi connectivity index (χ2v) is 4.24. The van der Waals surface area contributed by atoms with Crippen LogP contribution in [-0.2, 0) is 4.74 Å². The van der Waals surface area contributed by atoms with Crippen molar-refractivity contribution in [1.82, 2.24) is 15.2 Å². The molecule has 2 aromatic rings. The minimum absolute atomic E-state index is 0.712. The van der Waals surface area contributed by atoms with Crippen LogP contribution < -0.4 is 10.2 Å². The molecule has 6 heteroatoms. The van der Waals surface area contributed by atoms with Crippen molar-refractivity contribution in [3.05, 3.63) is 36.7 Å². The van der Waals surface area contributed by atoms with Crippen molar-refractivity contribution in [2.24, 2.45) is 0 Å². The Labute approximate surface area is 111 Å². The third-order valence-electron chi connectivity index (χ3n) is 2.93. The lowest BCUT2D eigenvalue weighted by Crippen LogP contribution is -2.36. The van der Waals surface area contributed by atoms with Gasteiger partial charge in [-0.05, 0) is 24.3 Å². The minimum Gasteiger partial charge on any atom is -0.378 e. The zero-order valence-corrected chi connectivity index (χ0v) is 10.5. The Bertz CT molecular complexity index is 510. The summed E-state index contributed by atoms with van der Waals surface area (Å²) in [4.78, 5) is 6.68. The molecular formula is C13H15N5O. The van der Waals surface area contributed by atoms with E-state index in [0.29, 0.717) is 5.82 Å². The summed E-state index contributed by atoms with van der Waals surface area (Å²) in [5.41, 5.74) is 0.900. The number of aromatic nitrogens is 3. The van der Waals surface area contributed by atoms with Crippen molar-refractivity contribution in [2.45, 2.75) is 0 Å². The number of nitrogens with zero attached hydrogens (tertiary/aromatic N) is 4. The average molecular weight is 257 g/mol. The second kappa shape index (κ2) is 5.62. The summed E-state index contributed by atoms with van der Waals surface area (Å²) in [6, 6.07) is 7.70. The molecule has 6 nitrogen and oxygen atoms in total. The number of nitrogens with one attached hydrogen (secondary N) is 1. The molecule has 0 aliphatic carbocycles. The highest BCUT2D eigenvalue weighted by Crippen LogP contribution is 2.17. The first-order chi connectivity index (χ1) is 9.42. The van der Waals surface area contributed by atoms with Crippen molar-refractivity contribution in [2.75, 3.05) is 36.5 Å². The molecule has 2 aromatic heterocycles. The van der Waals surface area contributed by atoms with E-state index in [1.165, 1.54) is 0 Å². The molecule has 0 unspecified atom stereocenters. The van der Waals surface area contributed by atoms with Crippen LogP contribution in [0.3, 0.4) is 0 Å². The molecule has 0 bridgehead atoms. The fraction of sp³-hybridized carbons (Fsp3) is 0.308. The first kappa shape index (κ1) is 11.9. The van der Waals surface area contributed by atoms with E-state index < -0.39 is 0 Å². The van der Waals surface area contributed by atoms with E-state index in [4.69, 9.17) is 4.74 Å². The fourth-order valence-electron chi connectivity index (χ4n) is 1.96. The third kappa shape index (κ3) is 2.97. The van der Waals surface area contributed by atoms with E-state index in [9.17, 15) is 0 Å². The number of pyridine rings is 1. The Balaban J connectivity index is 1.68. The second-order valence-electron chi connectivity index (χ2n) is 4.24. The number of ether oxygens (including phenoxy) is 1. The summed E-state index contributed by atoms with van der Waals surface area (Å²) in [7, 11) is 0. The van der Waals surface area contributed by atoms with Gasteiger partial charge < -0.3 is 15.0 Å². The van der Waals surface area contributed by atoms with E-state index >= 15 is 0 Å². The van der Waals surface area contributed by atoms with E-state index in [1.807, 2.05) is 24.3 Å². The highest BCUT2D eigenvalue weighted by atomic mass is 16.5. The summed E-state index contributed by atoms with van der Waals surface area (Å²) in [5.74, 6) is 1.69. The van der Waals surface area contributed by atoms with Gasteiger partial charge >= 0.3 is 0 Å². The van der Waals surface area contributed by atoms with E-state index in [0.717, 1.165) is 37.8 Å². The van der Waals surface area contributed by atoms with Gasteiger partial charge in [0.15, 0.2) is 5.82 Å². The predicted molar refractivity (Wildman–Crippen MR) is 72.6 cm³/mol. The van der Waals surface area contributed by atoms with Crippen LogP contribution in [-0.4, -0.2) is 41.5 Å². The topological polar surface area (TPSA) is 63.2 Å². The lowest BCUT2D eigenvalue weighted by atomic mass is 10.3. The van der Waals surface area contributed by atoms with Gasteiger partial charge in [-0.2, -0.15) is 5.10 Å². The molecule has 0 saturated carbocycles. The highest BCUT2D eigenvalue weighted by Gasteiger charge is 2.11. The van der Waals surface area contributed by atoms with Crippen molar-refractivity contribution < 1.29 is 4.74 Å². The predicted octanol–water partition coefficient (Wildman–Crippen LogP) is 1.45. The molecule has 3 heterocycles. The molecule has 1 N–H and O–H groups in total. The van der Waals surface area contributed by atoms with Crippen molar-refractivity contribution in [3.63, 3.8) is 0 Å². The Kier molecular flexibility index (Phi) is 3.51. The molecule has 0 atom stereocenters. The molecule has 1 aliphatic heterocycles. The molecule has 3 rings (SSSR count). The summed E-state index contributed by atoms with van der Waals surface area (Å²) >= 11 is 0. The maximum Gasteiger partial charge on any atom is 0.153 e. The van der Waals surface area contributed by atoms with Crippen LogP contribution in [0.2, 0.25) is 0 Å². The Morgan fingerprint density at radius 1 is 1.16 bits per heavy atom. The molecule has 1 aliphatic rings. The quantitative estimate of drug-likeness (QED) is 0.898. The maximum absolute atomic E-state index is 5.33. The summed E-state index contributed by atoms with van der Waals surface area (Å²) < 4.78 is 5.33. The van der Waals surface area contributed by atoms with Crippen LogP contribution in [0.25, 0.3) is 0 Å². The molecule has 0 spiro atoms. The average Bonchev–Trinajstić information content (AvgIpc) is 2.50. The van der Waals surface area contributed by atoms with Gasteiger partial charge in [-0.3, -0.25) is 0 Å². The molecule has 98 valence electrons. The van der Waals surface area contributed by atoms with Gasteiger partial charge in [0.1, 0.15) is 5.82 Å². The van der Waals surface area contributed by atoms with Gasteiger partial charge in [0.2, 0.25) is 0 Å². The lowest BCUT2D eigenvalue weighted by Gasteiger charge is -2.27. The first-order valence-corrected chi connectivity index (χ1v) is 6.25. The van der Waals surface area contributed by atoms with Crippen LogP contribution in [0.4, 0.5) is 17.3 Å². The monoisotopic (exact) mass is 257 g/mol. The van der Waals surface area contributed by atoms with Crippen LogP contribution >= 0.6 is 0 Å². The molecule has 0 radical (unpaired) electrons. The van der Waals surface area contributed by atoms with Gasteiger partial charge in [-0.1, -0.05) is 0 Å². The standard InChI is InChI=1S/C13H15N5O/c1-2-12(17-15-5-1)16-11-3-4-13(14-10-11)18-6-8-19-9-7-18/h1-5,10H,6-9H2,(H,16,17). The molecule has 1 saturated heterocycles. The van der Waals surface area contributed by atoms with Gasteiger partial charge in [-0.15, -0.1) is 5.10 Å². The van der Waals surface area contributed by atoms with Crippen molar-refractivity contribution >= 4 is 17.3 Å². The normalized spacial score (nSPS) is 15.3. The number of hydrogen-bond acceptors (Lipinski definition) is 6. The van der Waals surface area contributed by atoms with Crippen LogP contribution in [0, 0.1) is 0 Å².